The Bertz CT molecular complexity index is 257. The van der Waals surface area contributed by atoms with Crippen molar-refractivity contribution in [3.05, 3.63) is 22.4 Å². The van der Waals surface area contributed by atoms with E-state index in [4.69, 9.17) is 5.73 Å². The molecule has 0 aromatic carbocycles. The number of nitrogens with two attached hydrogens (primary N) is 1. The van der Waals surface area contributed by atoms with Gasteiger partial charge in [0.2, 0.25) is 5.91 Å². The minimum atomic E-state index is -0.0664. The Hall–Kier alpha value is -0.870. The molecule has 0 bridgehead atoms. The van der Waals surface area contributed by atoms with Gasteiger partial charge in [-0.3, -0.25) is 4.79 Å². The van der Waals surface area contributed by atoms with Crippen LogP contribution in [0.15, 0.2) is 17.5 Å². The smallest absolute Gasteiger partial charge is 0.221 e. The third kappa shape index (κ3) is 4.05. The van der Waals surface area contributed by atoms with Gasteiger partial charge in [-0.2, -0.15) is 0 Å². The Morgan fingerprint density at radius 2 is 2.54 bits per heavy atom. The van der Waals surface area contributed by atoms with E-state index in [0.717, 1.165) is 4.88 Å². The summed E-state index contributed by atoms with van der Waals surface area (Å²) in [5, 5.41) is 4.80. The van der Waals surface area contributed by atoms with E-state index < -0.39 is 0 Å². The molecule has 13 heavy (non-hydrogen) atoms. The molecule has 0 aliphatic rings. The zero-order valence-corrected chi connectivity index (χ0v) is 8.43. The molecule has 1 aromatic rings. The second-order valence-corrected chi connectivity index (χ2v) is 4.07. The van der Waals surface area contributed by atoms with E-state index in [1.54, 1.807) is 11.3 Å². The molecule has 0 saturated heterocycles. The predicted octanol–water partition coefficient (Wildman–Crippen LogP) is 1.10. The van der Waals surface area contributed by atoms with Gasteiger partial charge in [-0.05, 0) is 18.4 Å². The van der Waals surface area contributed by atoms with E-state index in [0.29, 0.717) is 13.0 Å². The van der Waals surface area contributed by atoms with Crippen molar-refractivity contribution in [2.24, 2.45) is 5.73 Å². The molecule has 1 atom stereocenters. The number of carbonyl (C=O) groups is 1. The molecule has 0 aliphatic heterocycles. The van der Waals surface area contributed by atoms with Gasteiger partial charge in [0, 0.05) is 17.3 Å². The summed E-state index contributed by atoms with van der Waals surface area (Å²) in [6.07, 6.45) is 0.394. The van der Waals surface area contributed by atoms with Crippen LogP contribution in [0.4, 0.5) is 0 Å². The van der Waals surface area contributed by atoms with Crippen LogP contribution < -0.4 is 11.1 Å². The predicted molar refractivity (Wildman–Crippen MR) is 54.4 cm³/mol. The molecule has 4 heteroatoms. The van der Waals surface area contributed by atoms with Crippen molar-refractivity contribution in [1.82, 2.24) is 5.32 Å². The first-order chi connectivity index (χ1) is 6.18. The lowest BCUT2D eigenvalue weighted by Gasteiger charge is -2.05. The molecule has 0 spiro atoms. The average molecular weight is 198 g/mol. The molecule has 3 nitrogen and oxygen atoms in total. The van der Waals surface area contributed by atoms with Crippen LogP contribution in [0.5, 0.6) is 0 Å². The van der Waals surface area contributed by atoms with Gasteiger partial charge in [0.05, 0.1) is 6.54 Å². The van der Waals surface area contributed by atoms with Crippen molar-refractivity contribution >= 4 is 17.2 Å². The molecule has 1 heterocycles. The highest BCUT2D eigenvalue weighted by atomic mass is 32.1. The Kier molecular flexibility index (Phi) is 3.92. The van der Waals surface area contributed by atoms with E-state index in [1.165, 1.54) is 0 Å². The van der Waals surface area contributed by atoms with Crippen LogP contribution in [0.25, 0.3) is 0 Å². The summed E-state index contributed by atoms with van der Waals surface area (Å²) in [7, 11) is 0. The second kappa shape index (κ2) is 4.99. The first-order valence-electron chi connectivity index (χ1n) is 4.23. The highest BCUT2D eigenvalue weighted by Crippen LogP contribution is 2.07. The quantitative estimate of drug-likeness (QED) is 0.761. The van der Waals surface area contributed by atoms with Crippen molar-refractivity contribution in [1.29, 1.82) is 0 Å². The number of hydrogen-bond acceptors (Lipinski definition) is 3. The molecule has 3 N–H and O–H groups in total. The highest BCUT2D eigenvalue weighted by Gasteiger charge is 2.04. The number of thiophene rings is 1. The van der Waals surface area contributed by atoms with E-state index in [2.05, 4.69) is 5.32 Å². The summed E-state index contributed by atoms with van der Waals surface area (Å²) in [4.78, 5) is 12.3. The fourth-order valence-electron chi connectivity index (χ4n) is 0.963. The molecule has 0 aliphatic carbocycles. The maximum atomic E-state index is 11.2. The van der Waals surface area contributed by atoms with Gasteiger partial charge >= 0.3 is 0 Å². The fraction of sp³-hybridized carbons (Fsp3) is 0.444. The van der Waals surface area contributed by atoms with Crippen molar-refractivity contribution in [3.63, 3.8) is 0 Å². The standard InChI is InChI=1S/C9H14N2OS/c1-7(10)5-9(12)11-6-8-3-2-4-13-8/h2-4,7H,5-6,10H2,1H3,(H,11,12). The lowest BCUT2D eigenvalue weighted by molar-refractivity contribution is -0.121. The monoisotopic (exact) mass is 198 g/mol. The van der Waals surface area contributed by atoms with Gasteiger partial charge in [0.1, 0.15) is 0 Å². The molecular weight excluding hydrogens is 184 g/mol. The van der Waals surface area contributed by atoms with Crippen molar-refractivity contribution in [2.45, 2.75) is 25.9 Å². The minimum Gasteiger partial charge on any atom is -0.351 e. The van der Waals surface area contributed by atoms with Crippen LogP contribution >= 0.6 is 11.3 Å². The summed E-state index contributed by atoms with van der Waals surface area (Å²) in [6, 6.07) is 3.90. The third-order valence-electron chi connectivity index (χ3n) is 1.55. The fourth-order valence-corrected chi connectivity index (χ4v) is 1.61. The Morgan fingerprint density at radius 1 is 1.77 bits per heavy atom. The molecule has 1 unspecified atom stereocenters. The minimum absolute atomic E-state index is 0.0170. The maximum Gasteiger partial charge on any atom is 0.221 e. The Morgan fingerprint density at radius 3 is 3.08 bits per heavy atom. The molecule has 72 valence electrons. The highest BCUT2D eigenvalue weighted by molar-refractivity contribution is 7.09. The van der Waals surface area contributed by atoms with Gasteiger partial charge in [-0.15, -0.1) is 11.3 Å². The molecule has 0 radical (unpaired) electrons. The van der Waals surface area contributed by atoms with Crippen LogP contribution in [-0.2, 0) is 11.3 Å². The number of rotatable bonds is 4. The van der Waals surface area contributed by atoms with Crippen molar-refractivity contribution < 1.29 is 4.79 Å². The van der Waals surface area contributed by atoms with Crippen molar-refractivity contribution in [2.75, 3.05) is 0 Å². The van der Waals surface area contributed by atoms with Gasteiger partial charge in [0.25, 0.3) is 0 Å². The van der Waals surface area contributed by atoms with Crippen LogP contribution in [-0.4, -0.2) is 11.9 Å². The van der Waals surface area contributed by atoms with E-state index in [-0.39, 0.29) is 11.9 Å². The third-order valence-corrected chi connectivity index (χ3v) is 2.42. The summed E-state index contributed by atoms with van der Waals surface area (Å²) in [5.41, 5.74) is 5.48. The zero-order valence-electron chi connectivity index (χ0n) is 7.62. The average Bonchev–Trinajstić information content (AvgIpc) is 2.51. The number of amides is 1. The van der Waals surface area contributed by atoms with Crippen LogP contribution in [0.2, 0.25) is 0 Å². The Labute approximate surface area is 81.9 Å². The largest absolute Gasteiger partial charge is 0.351 e. The SMILES string of the molecule is CC(N)CC(=O)NCc1cccs1. The number of carbonyl (C=O) groups excluding carboxylic acids is 1. The first-order valence-corrected chi connectivity index (χ1v) is 5.11. The molecule has 1 amide bonds. The van der Waals surface area contributed by atoms with E-state index in [9.17, 15) is 4.79 Å². The van der Waals surface area contributed by atoms with Crippen LogP contribution in [0, 0.1) is 0 Å². The number of hydrogen-bond donors (Lipinski definition) is 2. The van der Waals surface area contributed by atoms with E-state index >= 15 is 0 Å². The van der Waals surface area contributed by atoms with Crippen LogP contribution in [0.3, 0.4) is 0 Å². The van der Waals surface area contributed by atoms with E-state index in [1.807, 2.05) is 24.4 Å². The Balaban J connectivity index is 2.23. The zero-order chi connectivity index (χ0) is 9.68. The van der Waals surface area contributed by atoms with Gasteiger partial charge < -0.3 is 11.1 Å². The summed E-state index contributed by atoms with van der Waals surface area (Å²) >= 11 is 1.64. The molecule has 0 saturated carbocycles. The lowest BCUT2D eigenvalue weighted by Crippen LogP contribution is -2.29. The van der Waals surface area contributed by atoms with Gasteiger partial charge in [-0.1, -0.05) is 6.07 Å². The van der Waals surface area contributed by atoms with Gasteiger partial charge in [-0.25, -0.2) is 0 Å². The normalized spacial score (nSPS) is 12.5. The van der Waals surface area contributed by atoms with Crippen molar-refractivity contribution in [3.8, 4) is 0 Å². The lowest BCUT2D eigenvalue weighted by atomic mass is 10.2. The molecule has 1 aromatic heterocycles. The van der Waals surface area contributed by atoms with Crippen LogP contribution in [0.1, 0.15) is 18.2 Å². The van der Waals surface area contributed by atoms with Gasteiger partial charge in [0.15, 0.2) is 0 Å². The second-order valence-electron chi connectivity index (χ2n) is 3.04. The summed E-state index contributed by atoms with van der Waals surface area (Å²) in [5.74, 6) is 0.0170. The summed E-state index contributed by atoms with van der Waals surface area (Å²) in [6.45, 7) is 2.44. The topological polar surface area (TPSA) is 55.1 Å². The molecule has 0 fully saturated rings. The number of nitrogens with one attached hydrogen (secondary N) is 1. The molecular formula is C9H14N2OS. The summed E-state index contributed by atoms with van der Waals surface area (Å²) < 4.78 is 0. The molecule has 1 rings (SSSR count). The maximum absolute atomic E-state index is 11.2. The first kappa shape index (κ1) is 10.2.